The maximum absolute atomic E-state index is 12.6. The van der Waals surface area contributed by atoms with Gasteiger partial charge in [0.15, 0.2) is 6.04 Å². The molecule has 2 rings (SSSR count). The van der Waals surface area contributed by atoms with Crippen LogP contribution in [0.5, 0.6) is 0 Å². The van der Waals surface area contributed by atoms with Crippen LogP contribution < -0.4 is 5.32 Å². The van der Waals surface area contributed by atoms with Gasteiger partial charge in [0.05, 0.1) is 0 Å². The summed E-state index contributed by atoms with van der Waals surface area (Å²) in [7, 11) is 0. The van der Waals surface area contributed by atoms with Crippen molar-refractivity contribution in [2.75, 3.05) is 5.32 Å². The Kier molecular flexibility index (Phi) is 1.90. The van der Waals surface area contributed by atoms with Crippen LogP contribution in [0.2, 0.25) is 0 Å². The fourth-order valence-corrected chi connectivity index (χ4v) is 1.57. The Morgan fingerprint density at radius 2 is 2.29 bits per heavy atom. The lowest BCUT2D eigenvalue weighted by Crippen LogP contribution is -2.38. The first-order valence-electron chi connectivity index (χ1n) is 4.21. The number of halogens is 3. The predicted octanol–water partition coefficient (Wildman–Crippen LogP) is 1.59. The molecule has 14 heavy (non-hydrogen) atoms. The van der Waals surface area contributed by atoms with E-state index in [0.717, 1.165) is 11.0 Å². The Morgan fingerprint density at radius 1 is 1.57 bits per heavy atom. The van der Waals surface area contributed by atoms with E-state index in [2.05, 4.69) is 15.4 Å². The lowest BCUT2D eigenvalue weighted by molar-refractivity contribution is -0.173. The molecular formula is C7H9F3N4. The molecule has 0 saturated heterocycles. The van der Waals surface area contributed by atoms with Crippen LogP contribution in [0.25, 0.3) is 0 Å². The van der Waals surface area contributed by atoms with Gasteiger partial charge in [0.2, 0.25) is 5.95 Å². The molecular weight excluding hydrogens is 197 g/mol. The third kappa shape index (κ3) is 1.42. The normalized spacial score (nSPS) is 26.9. The Balaban J connectivity index is 2.37. The van der Waals surface area contributed by atoms with E-state index < -0.39 is 12.2 Å². The van der Waals surface area contributed by atoms with E-state index >= 15 is 0 Å². The molecule has 0 spiro atoms. The van der Waals surface area contributed by atoms with Gasteiger partial charge in [-0.25, -0.2) is 4.68 Å². The SMILES string of the molecule is C[C@H]1C[C@H](C(F)(F)F)n2ncnc2N1. The fraction of sp³-hybridized carbons (Fsp3) is 0.714. The van der Waals surface area contributed by atoms with E-state index in [-0.39, 0.29) is 18.4 Å². The molecule has 1 N–H and O–H groups in total. The Labute approximate surface area is 78.1 Å². The van der Waals surface area contributed by atoms with Gasteiger partial charge in [-0.1, -0.05) is 0 Å². The maximum Gasteiger partial charge on any atom is 0.411 e. The molecule has 0 saturated carbocycles. The molecule has 0 bridgehead atoms. The summed E-state index contributed by atoms with van der Waals surface area (Å²) in [6.45, 7) is 1.69. The van der Waals surface area contributed by atoms with Gasteiger partial charge in [0, 0.05) is 6.04 Å². The number of anilines is 1. The second-order valence-corrected chi connectivity index (χ2v) is 3.37. The second kappa shape index (κ2) is 2.86. The number of nitrogens with one attached hydrogen (secondary N) is 1. The molecule has 1 aliphatic heterocycles. The smallest absolute Gasteiger partial charge is 0.352 e. The highest BCUT2D eigenvalue weighted by Gasteiger charge is 2.45. The van der Waals surface area contributed by atoms with Gasteiger partial charge in [0.1, 0.15) is 6.33 Å². The minimum Gasteiger partial charge on any atom is -0.352 e. The van der Waals surface area contributed by atoms with E-state index in [9.17, 15) is 13.2 Å². The minimum absolute atomic E-state index is 0.0140. The zero-order valence-electron chi connectivity index (χ0n) is 7.41. The number of rotatable bonds is 0. The van der Waals surface area contributed by atoms with Gasteiger partial charge in [-0.15, -0.1) is 0 Å². The Hall–Kier alpha value is -1.27. The van der Waals surface area contributed by atoms with E-state index in [1.54, 1.807) is 6.92 Å². The van der Waals surface area contributed by atoms with Gasteiger partial charge >= 0.3 is 6.18 Å². The molecule has 0 unspecified atom stereocenters. The topological polar surface area (TPSA) is 42.7 Å². The van der Waals surface area contributed by atoms with Crippen LogP contribution >= 0.6 is 0 Å². The van der Waals surface area contributed by atoms with Gasteiger partial charge in [-0.05, 0) is 13.3 Å². The van der Waals surface area contributed by atoms with Gasteiger partial charge in [-0.3, -0.25) is 0 Å². The van der Waals surface area contributed by atoms with E-state index in [0.29, 0.717) is 0 Å². The van der Waals surface area contributed by atoms with Crippen molar-refractivity contribution in [1.82, 2.24) is 14.8 Å². The molecule has 2 heterocycles. The molecule has 7 heteroatoms. The molecule has 0 amide bonds. The first-order valence-corrected chi connectivity index (χ1v) is 4.21. The van der Waals surface area contributed by atoms with Crippen molar-refractivity contribution in [2.24, 2.45) is 0 Å². The molecule has 4 nitrogen and oxygen atoms in total. The standard InChI is InChI=1S/C7H9F3N4/c1-4-2-5(7(8,9)10)14-6(13-4)11-3-12-14/h3-5H,2H2,1H3,(H,11,12,13)/t4-,5+/m0/s1. The van der Waals surface area contributed by atoms with Crippen molar-refractivity contribution in [3.63, 3.8) is 0 Å². The van der Waals surface area contributed by atoms with E-state index in [1.807, 2.05) is 0 Å². The molecule has 1 aromatic rings. The fourth-order valence-electron chi connectivity index (χ4n) is 1.57. The number of aromatic nitrogens is 3. The average Bonchev–Trinajstić information content (AvgIpc) is 2.47. The van der Waals surface area contributed by atoms with Crippen LogP contribution in [0.4, 0.5) is 19.1 Å². The van der Waals surface area contributed by atoms with Crippen LogP contribution in [-0.4, -0.2) is 27.0 Å². The Morgan fingerprint density at radius 3 is 2.93 bits per heavy atom. The number of fused-ring (bicyclic) bond motifs is 1. The molecule has 1 aromatic heterocycles. The highest BCUT2D eigenvalue weighted by atomic mass is 19.4. The van der Waals surface area contributed by atoms with Crippen molar-refractivity contribution in [1.29, 1.82) is 0 Å². The van der Waals surface area contributed by atoms with Gasteiger partial charge in [0.25, 0.3) is 0 Å². The summed E-state index contributed by atoms with van der Waals surface area (Å²) in [4.78, 5) is 3.71. The van der Waals surface area contributed by atoms with E-state index in [1.165, 1.54) is 0 Å². The molecule has 0 fully saturated rings. The predicted molar refractivity (Wildman–Crippen MR) is 42.8 cm³/mol. The highest BCUT2D eigenvalue weighted by molar-refractivity contribution is 5.28. The molecule has 0 aliphatic carbocycles. The summed E-state index contributed by atoms with van der Waals surface area (Å²) in [5.41, 5.74) is 0. The lowest BCUT2D eigenvalue weighted by atomic mass is 10.1. The van der Waals surface area contributed by atoms with Crippen molar-refractivity contribution in [3.8, 4) is 0 Å². The van der Waals surface area contributed by atoms with Crippen LogP contribution in [0.1, 0.15) is 19.4 Å². The monoisotopic (exact) mass is 206 g/mol. The first-order chi connectivity index (χ1) is 6.48. The molecule has 0 radical (unpaired) electrons. The van der Waals surface area contributed by atoms with Gasteiger partial charge in [-0.2, -0.15) is 23.3 Å². The van der Waals surface area contributed by atoms with Crippen molar-refractivity contribution < 1.29 is 13.2 Å². The largest absolute Gasteiger partial charge is 0.411 e. The minimum atomic E-state index is -4.27. The third-order valence-corrected chi connectivity index (χ3v) is 2.20. The zero-order valence-corrected chi connectivity index (χ0v) is 7.41. The van der Waals surface area contributed by atoms with Crippen LogP contribution in [0, 0.1) is 0 Å². The molecule has 0 aromatic carbocycles. The van der Waals surface area contributed by atoms with Crippen molar-refractivity contribution in [3.05, 3.63) is 6.33 Å². The van der Waals surface area contributed by atoms with Crippen molar-refractivity contribution in [2.45, 2.75) is 31.6 Å². The van der Waals surface area contributed by atoms with Crippen LogP contribution in [0.3, 0.4) is 0 Å². The summed E-state index contributed by atoms with van der Waals surface area (Å²) >= 11 is 0. The second-order valence-electron chi connectivity index (χ2n) is 3.37. The van der Waals surface area contributed by atoms with Crippen LogP contribution in [-0.2, 0) is 0 Å². The third-order valence-electron chi connectivity index (χ3n) is 2.20. The zero-order chi connectivity index (χ0) is 10.3. The average molecular weight is 206 g/mol. The summed E-state index contributed by atoms with van der Waals surface area (Å²) in [5, 5.41) is 6.39. The summed E-state index contributed by atoms with van der Waals surface area (Å²) in [6, 6.07) is -1.80. The summed E-state index contributed by atoms with van der Waals surface area (Å²) in [6.07, 6.45) is -3.15. The Bertz CT molecular complexity index is 332. The number of hydrogen-bond donors (Lipinski definition) is 1. The van der Waals surface area contributed by atoms with Gasteiger partial charge < -0.3 is 5.32 Å². The molecule has 2 atom stereocenters. The lowest BCUT2D eigenvalue weighted by Gasteiger charge is -2.30. The summed E-state index contributed by atoms with van der Waals surface area (Å²) < 4.78 is 38.6. The van der Waals surface area contributed by atoms with Crippen LogP contribution in [0.15, 0.2) is 6.33 Å². The quantitative estimate of drug-likeness (QED) is 0.700. The highest BCUT2D eigenvalue weighted by Crippen LogP contribution is 2.37. The maximum atomic E-state index is 12.6. The number of hydrogen-bond acceptors (Lipinski definition) is 3. The molecule has 78 valence electrons. The van der Waals surface area contributed by atoms with E-state index in [4.69, 9.17) is 0 Å². The molecule has 1 aliphatic rings. The summed E-state index contributed by atoms with van der Waals surface area (Å²) in [5.74, 6) is 0.186. The number of nitrogens with zero attached hydrogens (tertiary/aromatic N) is 3. The first kappa shape index (κ1) is 9.29. The number of alkyl halides is 3. The van der Waals surface area contributed by atoms with Crippen molar-refractivity contribution >= 4 is 5.95 Å².